The molecular weight excluding hydrogens is 408 g/mol. The van der Waals surface area contributed by atoms with E-state index >= 15 is 0 Å². The molecular formula is C22H18BrClN2. The fourth-order valence-electron chi connectivity index (χ4n) is 3.27. The number of halogens is 2. The summed E-state index contributed by atoms with van der Waals surface area (Å²) in [6, 6.07) is 10.2. The third-order valence-corrected chi connectivity index (χ3v) is 5.43. The summed E-state index contributed by atoms with van der Waals surface area (Å²) in [4.78, 5) is 8.90. The average Bonchev–Trinajstić information content (AvgIpc) is 2.67. The van der Waals surface area contributed by atoms with Gasteiger partial charge >= 0.3 is 0 Å². The minimum absolute atomic E-state index is 0.509. The number of rotatable bonds is 3. The molecule has 1 aromatic carbocycles. The lowest BCUT2D eigenvalue weighted by Crippen LogP contribution is -1.93. The molecule has 4 rings (SSSR count). The van der Waals surface area contributed by atoms with Crippen LogP contribution in [0, 0.1) is 0 Å². The predicted octanol–water partition coefficient (Wildman–Crippen LogP) is 7.17. The van der Waals surface area contributed by atoms with Gasteiger partial charge in [-0.3, -0.25) is 4.98 Å². The molecule has 130 valence electrons. The molecule has 3 aromatic rings. The third kappa shape index (κ3) is 3.89. The van der Waals surface area contributed by atoms with Crippen LogP contribution in [0.4, 0.5) is 0 Å². The monoisotopic (exact) mass is 424 g/mol. The van der Waals surface area contributed by atoms with Crippen LogP contribution >= 0.6 is 27.5 Å². The van der Waals surface area contributed by atoms with Crippen LogP contribution in [0.5, 0.6) is 0 Å². The molecule has 0 aliphatic heterocycles. The van der Waals surface area contributed by atoms with E-state index in [0.29, 0.717) is 5.15 Å². The molecule has 4 heteroatoms. The van der Waals surface area contributed by atoms with Gasteiger partial charge in [-0.05, 0) is 72.7 Å². The van der Waals surface area contributed by atoms with Crippen molar-refractivity contribution in [3.8, 4) is 0 Å². The van der Waals surface area contributed by atoms with Crippen LogP contribution in [0.25, 0.3) is 28.6 Å². The standard InChI is InChI=1S/C22H18BrClN2/c23-20-8-9-21-18(12-20)11-17(22(24)26-21)7-6-15-10-19(14-25-13-15)16-4-2-1-3-5-16/h4,6-14H,1-3,5H2/b7-6+. The number of hydrogen-bond acceptors (Lipinski definition) is 2. The fraction of sp³-hybridized carbons (Fsp3) is 0.182. The van der Waals surface area contributed by atoms with Crippen molar-refractivity contribution in [3.05, 3.63) is 75.1 Å². The van der Waals surface area contributed by atoms with Crippen LogP contribution in [0.2, 0.25) is 5.15 Å². The zero-order valence-electron chi connectivity index (χ0n) is 14.3. The van der Waals surface area contributed by atoms with E-state index in [1.807, 2.05) is 42.7 Å². The number of hydrogen-bond donors (Lipinski definition) is 0. The lowest BCUT2D eigenvalue weighted by molar-refractivity contribution is 0.741. The first-order valence-electron chi connectivity index (χ1n) is 8.77. The normalized spacial score (nSPS) is 14.8. The first-order valence-corrected chi connectivity index (χ1v) is 9.94. The van der Waals surface area contributed by atoms with Gasteiger partial charge in [0.15, 0.2) is 0 Å². The fourth-order valence-corrected chi connectivity index (χ4v) is 3.86. The van der Waals surface area contributed by atoms with E-state index in [-0.39, 0.29) is 0 Å². The van der Waals surface area contributed by atoms with Crippen molar-refractivity contribution < 1.29 is 0 Å². The molecule has 2 aromatic heterocycles. The Bertz CT molecular complexity index is 1020. The second-order valence-corrected chi connectivity index (χ2v) is 7.79. The van der Waals surface area contributed by atoms with Crippen molar-refractivity contribution in [2.75, 3.05) is 0 Å². The maximum atomic E-state index is 6.36. The summed E-state index contributed by atoms with van der Waals surface area (Å²) in [5.74, 6) is 0. The number of pyridine rings is 2. The van der Waals surface area contributed by atoms with Gasteiger partial charge in [-0.25, -0.2) is 4.98 Å². The summed E-state index contributed by atoms with van der Waals surface area (Å²) >= 11 is 9.87. The molecule has 0 N–H and O–H groups in total. The molecule has 0 saturated carbocycles. The second-order valence-electron chi connectivity index (χ2n) is 6.52. The van der Waals surface area contributed by atoms with Gasteiger partial charge in [-0.1, -0.05) is 45.8 Å². The Morgan fingerprint density at radius 2 is 1.96 bits per heavy atom. The van der Waals surface area contributed by atoms with Crippen LogP contribution in [0.1, 0.15) is 42.4 Å². The maximum absolute atomic E-state index is 6.36. The number of aromatic nitrogens is 2. The van der Waals surface area contributed by atoms with Gasteiger partial charge in [0.25, 0.3) is 0 Å². The van der Waals surface area contributed by atoms with E-state index in [0.717, 1.165) is 32.9 Å². The van der Waals surface area contributed by atoms with E-state index in [9.17, 15) is 0 Å². The minimum Gasteiger partial charge on any atom is -0.263 e. The SMILES string of the molecule is Clc1nc2ccc(Br)cc2cc1/C=C/c1cncc(C2=CCCCC2)c1. The number of nitrogens with zero attached hydrogens (tertiary/aromatic N) is 2. The zero-order chi connectivity index (χ0) is 17.9. The van der Waals surface area contributed by atoms with Gasteiger partial charge in [0.2, 0.25) is 0 Å². The summed E-state index contributed by atoms with van der Waals surface area (Å²) in [6.45, 7) is 0. The topological polar surface area (TPSA) is 25.8 Å². The van der Waals surface area contributed by atoms with Crippen LogP contribution in [-0.4, -0.2) is 9.97 Å². The van der Waals surface area contributed by atoms with Gasteiger partial charge in [0, 0.05) is 27.8 Å². The highest BCUT2D eigenvalue weighted by atomic mass is 79.9. The first kappa shape index (κ1) is 17.4. The van der Waals surface area contributed by atoms with Gasteiger partial charge in [0.1, 0.15) is 5.15 Å². The van der Waals surface area contributed by atoms with Crippen LogP contribution in [-0.2, 0) is 0 Å². The smallest absolute Gasteiger partial charge is 0.136 e. The first-order chi connectivity index (χ1) is 12.7. The Morgan fingerprint density at radius 3 is 2.81 bits per heavy atom. The zero-order valence-corrected chi connectivity index (χ0v) is 16.6. The van der Waals surface area contributed by atoms with E-state index in [1.165, 1.54) is 30.4 Å². The molecule has 0 fully saturated rings. The lowest BCUT2D eigenvalue weighted by Gasteiger charge is -2.12. The molecule has 2 nitrogen and oxygen atoms in total. The van der Waals surface area contributed by atoms with E-state index in [4.69, 9.17) is 11.6 Å². The molecule has 0 saturated heterocycles. The van der Waals surface area contributed by atoms with Crippen LogP contribution in [0.3, 0.4) is 0 Å². The van der Waals surface area contributed by atoms with Gasteiger partial charge in [-0.2, -0.15) is 0 Å². The van der Waals surface area contributed by atoms with Crippen molar-refractivity contribution in [1.82, 2.24) is 9.97 Å². The summed E-state index contributed by atoms with van der Waals surface area (Å²) in [5.41, 5.74) is 5.50. The Hall–Kier alpha value is -1.97. The molecule has 1 aliphatic carbocycles. The second kappa shape index (κ2) is 7.73. The Labute approximate surface area is 166 Å². The minimum atomic E-state index is 0.509. The van der Waals surface area contributed by atoms with Gasteiger partial charge in [-0.15, -0.1) is 0 Å². The van der Waals surface area contributed by atoms with E-state index in [2.05, 4.69) is 44.1 Å². The molecule has 0 atom stereocenters. The Morgan fingerprint density at radius 1 is 1.04 bits per heavy atom. The van der Waals surface area contributed by atoms with E-state index in [1.54, 1.807) is 0 Å². The summed E-state index contributed by atoms with van der Waals surface area (Å²) in [7, 11) is 0. The van der Waals surface area contributed by atoms with Crippen molar-refractivity contribution >= 4 is 56.2 Å². The lowest BCUT2D eigenvalue weighted by atomic mass is 9.94. The quantitative estimate of drug-likeness (QED) is 0.415. The van der Waals surface area contributed by atoms with Crippen LogP contribution < -0.4 is 0 Å². The van der Waals surface area contributed by atoms with Crippen molar-refractivity contribution in [1.29, 1.82) is 0 Å². The Balaban J connectivity index is 1.64. The van der Waals surface area contributed by atoms with E-state index < -0.39 is 0 Å². The molecule has 0 spiro atoms. The highest BCUT2D eigenvalue weighted by molar-refractivity contribution is 9.10. The summed E-state index contributed by atoms with van der Waals surface area (Å²) in [5, 5.41) is 1.57. The van der Waals surface area contributed by atoms with Gasteiger partial charge < -0.3 is 0 Å². The summed E-state index contributed by atoms with van der Waals surface area (Å²) in [6.07, 6.45) is 15.1. The van der Waals surface area contributed by atoms with Crippen molar-refractivity contribution in [3.63, 3.8) is 0 Å². The largest absolute Gasteiger partial charge is 0.263 e. The predicted molar refractivity (Wildman–Crippen MR) is 114 cm³/mol. The molecule has 26 heavy (non-hydrogen) atoms. The molecule has 2 heterocycles. The molecule has 0 amide bonds. The third-order valence-electron chi connectivity index (χ3n) is 4.63. The molecule has 0 bridgehead atoms. The summed E-state index contributed by atoms with van der Waals surface area (Å²) < 4.78 is 1.03. The maximum Gasteiger partial charge on any atom is 0.136 e. The number of fused-ring (bicyclic) bond motifs is 1. The highest BCUT2D eigenvalue weighted by Gasteiger charge is 2.07. The number of allylic oxidation sites excluding steroid dienone is 2. The molecule has 0 radical (unpaired) electrons. The van der Waals surface area contributed by atoms with Crippen molar-refractivity contribution in [2.45, 2.75) is 25.7 Å². The van der Waals surface area contributed by atoms with Crippen LogP contribution in [0.15, 0.2) is 53.3 Å². The molecule has 1 aliphatic rings. The van der Waals surface area contributed by atoms with Crippen molar-refractivity contribution in [2.24, 2.45) is 0 Å². The average molecular weight is 426 g/mol. The highest BCUT2D eigenvalue weighted by Crippen LogP contribution is 2.28. The van der Waals surface area contributed by atoms with Gasteiger partial charge in [0.05, 0.1) is 5.52 Å². The Kier molecular flexibility index (Phi) is 5.18. The number of benzene rings is 1. The molecule has 0 unspecified atom stereocenters.